The van der Waals surface area contributed by atoms with E-state index >= 15 is 0 Å². The Hall–Kier alpha value is -2.48. The van der Waals surface area contributed by atoms with Gasteiger partial charge in [-0.3, -0.25) is 9.36 Å². The van der Waals surface area contributed by atoms with Crippen LogP contribution in [0.1, 0.15) is 4.88 Å². The number of amides is 1. The summed E-state index contributed by atoms with van der Waals surface area (Å²) in [6, 6.07) is 4.34. The maximum Gasteiger partial charge on any atom is 0.373 e. The number of rotatable bonds is 1. The van der Waals surface area contributed by atoms with Crippen molar-refractivity contribution in [2.45, 2.75) is 0 Å². The van der Waals surface area contributed by atoms with E-state index in [-0.39, 0.29) is 23.0 Å². The van der Waals surface area contributed by atoms with Gasteiger partial charge in [0.2, 0.25) is 5.88 Å². The summed E-state index contributed by atoms with van der Waals surface area (Å²) in [5.41, 5.74) is 0.198. The highest BCUT2D eigenvalue weighted by molar-refractivity contribution is 7.73. The Balaban J connectivity index is 0.000000545. The zero-order valence-corrected chi connectivity index (χ0v) is 12.6. The smallest absolute Gasteiger partial charge is 0.373 e. The molecule has 0 unspecified atom stereocenters. The molecule has 0 bridgehead atoms. The Bertz CT molecular complexity index is 984. The highest BCUT2D eigenvalue weighted by Gasteiger charge is 2.25. The second-order valence-corrected chi connectivity index (χ2v) is 5.74. The summed E-state index contributed by atoms with van der Waals surface area (Å²) in [5, 5.41) is 10.4. The van der Waals surface area contributed by atoms with Crippen LogP contribution in [0.4, 0.5) is 4.39 Å². The highest BCUT2D eigenvalue weighted by atomic mass is 32.1. The third kappa shape index (κ3) is 2.52. The first kappa shape index (κ1) is 15.9. The molecule has 0 radical (unpaired) electrons. The summed E-state index contributed by atoms with van der Waals surface area (Å²) in [5.74, 6) is -1.22. The average molecular weight is 338 g/mol. The van der Waals surface area contributed by atoms with Crippen LogP contribution in [0, 0.1) is 9.77 Å². The van der Waals surface area contributed by atoms with Crippen LogP contribution >= 0.6 is 23.6 Å². The fraction of sp³-hybridized carbons (Fsp3) is 0.0769. The molecule has 0 saturated heterocycles. The second-order valence-electron chi connectivity index (χ2n) is 4.09. The van der Waals surface area contributed by atoms with Crippen molar-refractivity contribution >= 4 is 41.2 Å². The summed E-state index contributed by atoms with van der Waals surface area (Å²) >= 11 is 6.15. The van der Waals surface area contributed by atoms with Crippen LogP contribution in [-0.4, -0.2) is 21.7 Å². The van der Waals surface area contributed by atoms with E-state index in [0.29, 0.717) is 14.1 Å². The van der Waals surface area contributed by atoms with E-state index in [4.69, 9.17) is 21.8 Å². The van der Waals surface area contributed by atoms with Crippen molar-refractivity contribution in [1.29, 1.82) is 0 Å². The van der Waals surface area contributed by atoms with Crippen LogP contribution in [0.3, 0.4) is 0 Å². The molecule has 0 saturated carbocycles. The molecule has 2 heterocycles. The molecule has 1 N–H and O–H groups in total. The molecule has 1 aromatic carbocycles. The number of carbonyl (C=O) groups excluding carboxylic acids is 3. The van der Waals surface area contributed by atoms with Gasteiger partial charge in [0.25, 0.3) is 5.91 Å². The first-order valence-corrected chi connectivity index (χ1v) is 6.95. The Morgan fingerprint density at radius 2 is 2.05 bits per heavy atom. The van der Waals surface area contributed by atoms with Crippen LogP contribution in [0.25, 0.3) is 5.57 Å². The van der Waals surface area contributed by atoms with E-state index in [2.05, 4.69) is 4.99 Å². The molecule has 112 valence electrons. The van der Waals surface area contributed by atoms with Crippen LogP contribution in [0.15, 0.2) is 23.2 Å². The van der Waals surface area contributed by atoms with Gasteiger partial charge < -0.3 is 5.11 Å². The summed E-state index contributed by atoms with van der Waals surface area (Å²) < 4.78 is 15.4. The quantitative estimate of drug-likeness (QED) is 0.762. The van der Waals surface area contributed by atoms with Gasteiger partial charge in [-0.25, -0.2) is 9.38 Å². The highest BCUT2D eigenvalue weighted by Crippen LogP contribution is 2.31. The molecule has 1 aliphatic rings. The van der Waals surface area contributed by atoms with Crippen LogP contribution in [0.2, 0.25) is 0 Å². The second kappa shape index (κ2) is 6.10. The normalized spacial score (nSPS) is 12.1. The zero-order chi connectivity index (χ0) is 16.4. The van der Waals surface area contributed by atoms with Crippen molar-refractivity contribution in [1.82, 2.24) is 4.57 Å². The molecule has 0 spiro atoms. The van der Waals surface area contributed by atoms with Gasteiger partial charge in [0.1, 0.15) is 16.1 Å². The molecule has 0 atom stereocenters. The number of thiazole rings is 1. The minimum Gasteiger partial charge on any atom is -0.493 e. The van der Waals surface area contributed by atoms with Crippen LogP contribution in [0.5, 0.6) is 5.88 Å². The molecule has 6 nitrogen and oxygen atoms in total. The minimum atomic E-state index is -0.563. The molecule has 0 aliphatic carbocycles. The van der Waals surface area contributed by atoms with Crippen LogP contribution < -0.4 is 10.6 Å². The van der Waals surface area contributed by atoms with Gasteiger partial charge in [0.15, 0.2) is 3.95 Å². The van der Waals surface area contributed by atoms with Gasteiger partial charge in [0.05, 0.1) is 5.57 Å². The molecule has 3 rings (SSSR count). The Kier molecular flexibility index (Phi) is 4.41. The maximum absolute atomic E-state index is 13.6. The number of hydrogen-bond donors (Lipinski definition) is 1. The topological polar surface area (TPSA) is 88.7 Å². The molecular weight excluding hydrogens is 331 g/mol. The molecule has 0 fully saturated rings. The van der Waals surface area contributed by atoms with E-state index in [1.807, 2.05) is 0 Å². The molecule has 2 aromatic rings. The van der Waals surface area contributed by atoms with Crippen molar-refractivity contribution in [3.63, 3.8) is 0 Å². The predicted octanol–water partition coefficient (Wildman–Crippen LogP) is 0.436. The van der Waals surface area contributed by atoms with Crippen molar-refractivity contribution in [2.75, 3.05) is 0 Å². The first-order chi connectivity index (χ1) is 10.4. The number of benzene rings is 1. The average Bonchev–Trinajstić information content (AvgIpc) is 2.92. The zero-order valence-electron chi connectivity index (χ0n) is 11.0. The monoisotopic (exact) mass is 338 g/mol. The van der Waals surface area contributed by atoms with Gasteiger partial charge in [0, 0.05) is 12.3 Å². The van der Waals surface area contributed by atoms with Gasteiger partial charge in [-0.15, -0.1) is 11.3 Å². The van der Waals surface area contributed by atoms with Gasteiger partial charge in [-0.1, -0.05) is 12.1 Å². The number of halogens is 1. The number of carbonyl (C=O) groups is 1. The van der Waals surface area contributed by atoms with E-state index in [9.17, 15) is 14.3 Å². The predicted molar refractivity (Wildman–Crippen MR) is 75.5 cm³/mol. The Morgan fingerprint density at radius 1 is 1.41 bits per heavy atom. The lowest BCUT2D eigenvalue weighted by molar-refractivity contribution is -0.191. The standard InChI is InChI=1S/C12H7FN2O2S2.CO2/c1-15-11(17)9(19-12(15)18)7-5-3-2-4-6(13)8(5)14-10(7)16;2-1-3/h2-4,17H,1H3;. The lowest BCUT2D eigenvalue weighted by atomic mass is 10.1. The molecule has 1 amide bonds. The van der Waals surface area contributed by atoms with E-state index in [0.717, 1.165) is 11.3 Å². The fourth-order valence-electron chi connectivity index (χ4n) is 1.93. The minimum absolute atomic E-state index is 0.0175. The number of aromatic hydroxyl groups is 1. The first-order valence-electron chi connectivity index (χ1n) is 5.72. The summed E-state index contributed by atoms with van der Waals surface area (Å²) in [4.78, 5) is 32.2. The van der Waals surface area contributed by atoms with E-state index < -0.39 is 11.7 Å². The number of aromatic nitrogens is 1. The maximum atomic E-state index is 13.6. The SMILES string of the molecule is Cn1c(O)c(C2=c3cccc(F)c3=NC2=O)sc1=S.O=C=O. The van der Waals surface area contributed by atoms with Crippen molar-refractivity contribution in [3.05, 3.63) is 43.4 Å². The van der Waals surface area contributed by atoms with Crippen molar-refractivity contribution in [2.24, 2.45) is 12.0 Å². The number of hydrogen-bond acceptors (Lipinski definition) is 6. The number of nitrogens with zero attached hydrogens (tertiary/aromatic N) is 2. The lowest BCUT2D eigenvalue weighted by Crippen LogP contribution is -2.26. The van der Waals surface area contributed by atoms with Gasteiger partial charge >= 0.3 is 6.15 Å². The summed E-state index contributed by atoms with van der Waals surface area (Å²) in [7, 11) is 1.60. The van der Waals surface area contributed by atoms with Gasteiger partial charge in [-0.2, -0.15) is 9.59 Å². The largest absolute Gasteiger partial charge is 0.493 e. The molecule has 22 heavy (non-hydrogen) atoms. The Morgan fingerprint density at radius 3 is 2.59 bits per heavy atom. The molecule has 1 aromatic heterocycles. The molecule has 9 heteroatoms. The van der Waals surface area contributed by atoms with Gasteiger partial charge in [-0.05, 0) is 18.3 Å². The molecule has 1 aliphatic heterocycles. The van der Waals surface area contributed by atoms with Crippen LogP contribution in [-0.2, 0) is 21.4 Å². The van der Waals surface area contributed by atoms with Crippen molar-refractivity contribution < 1.29 is 23.9 Å². The number of para-hydroxylation sites is 1. The lowest BCUT2D eigenvalue weighted by Gasteiger charge is -1.98. The molecular formula is C13H7FN2O4S2. The van der Waals surface area contributed by atoms with E-state index in [1.165, 1.54) is 16.7 Å². The fourth-order valence-corrected chi connectivity index (χ4v) is 3.19. The summed E-state index contributed by atoms with van der Waals surface area (Å²) in [6.07, 6.45) is 0.250. The van der Waals surface area contributed by atoms with Crippen molar-refractivity contribution in [3.8, 4) is 5.88 Å². The third-order valence-corrected chi connectivity index (χ3v) is 4.46. The summed E-state index contributed by atoms with van der Waals surface area (Å²) in [6.45, 7) is 0. The Labute approximate surface area is 131 Å². The number of fused-ring (bicyclic) bond motifs is 1. The van der Waals surface area contributed by atoms with E-state index in [1.54, 1.807) is 13.1 Å². The third-order valence-electron chi connectivity index (χ3n) is 2.89.